The van der Waals surface area contributed by atoms with Crippen LogP contribution in [0.3, 0.4) is 0 Å². The number of likely N-dealkylation sites (tertiary alicyclic amines) is 1. The molecule has 2 aliphatic rings. The predicted octanol–water partition coefficient (Wildman–Crippen LogP) is 2.25. The summed E-state index contributed by atoms with van der Waals surface area (Å²) >= 11 is 0. The van der Waals surface area contributed by atoms with Gasteiger partial charge in [0.15, 0.2) is 0 Å². The van der Waals surface area contributed by atoms with Gasteiger partial charge < -0.3 is 15.1 Å². The minimum Gasteiger partial charge on any atom is -0.369 e. The van der Waals surface area contributed by atoms with Gasteiger partial charge in [-0.3, -0.25) is 4.79 Å². The standard InChI is InChI=1S/C17H24FN3O/c1-19-14-5-4-10-21(12-14)17(22)13-6-7-16(15(18)11-13)20-8-2-3-9-20/h6-7,11,14,19H,2-5,8-10,12H2,1H3. The van der Waals surface area contributed by atoms with E-state index in [0.29, 0.717) is 23.8 Å². The molecule has 120 valence electrons. The number of halogens is 1. The molecule has 1 amide bonds. The molecule has 0 aliphatic carbocycles. The Morgan fingerprint density at radius 3 is 2.68 bits per heavy atom. The summed E-state index contributed by atoms with van der Waals surface area (Å²) in [6.07, 6.45) is 4.30. The summed E-state index contributed by atoms with van der Waals surface area (Å²) in [6.45, 7) is 3.26. The summed E-state index contributed by atoms with van der Waals surface area (Å²) in [6, 6.07) is 5.26. The number of piperidine rings is 1. The van der Waals surface area contributed by atoms with E-state index in [2.05, 4.69) is 10.2 Å². The lowest BCUT2D eigenvalue weighted by molar-refractivity contribution is 0.0697. The number of nitrogens with zero attached hydrogens (tertiary/aromatic N) is 2. The number of hydrogen-bond acceptors (Lipinski definition) is 3. The van der Waals surface area contributed by atoms with Crippen molar-refractivity contribution in [1.29, 1.82) is 0 Å². The number of nitrogens with one attached hydrogen (secondary N) is 1. The molecule has 2 saturated heterocycles. The van der Waals surface area contributed by atoms with Gasteiger partial charge in [0.2, 0.25) is 0 Å². The van der Waals surface area contributed by atoms with Gasteiger partial charge in [-0.05, 0) is 50.9 Å². The van der Waals surface area contributed by atoms with Gasteiger partial charge in [0, 0.05) is 37.8 Å². The molecule has 22 heavy (non-hydrogen) atoms. The third-order valence-electron chi connectivity index (χ3n) is 4.76. The third-order valence-corrected chi connectivity index (χ3v) is 4.76. The topological polar surface area (TPSA) is 35.6 Å². The predicted molar refractivity (Wildman–Crippen MR) is 85.8 cm³/mol. The van der Waals surface area contributed by atoms with Gasteiger partial charge in [-0.1, -0.05) is 0 Å². The molecule has 1 atom stereocenters. The van der Waals surface area contributed by atoms with E-state index in [1.54, 1.807) is 12.1 Å². The second-order valence-electron chi connectivity index (χ2n) is 6.24. The number of rotatable bonds is 3. The lowest BCUT2D eigenvalue weighted by atomic mass is 10.0. The van der Waals surface area contributed by atoms with Crippen LogP contribution in [0.2, 0.25) is 0 Å². The highest BCUT2D eigenvalue weighted by Crippen LogP contribution is 2.25. The van der Waals surface area contributed by atoms with Crippen molar-refractivity contribution in [2.45, 2.75) is 31.7 Å². The summed E-state index contributed by atoms with van der Waals surface area (Å²) in [5, 5.41) is 3.22. The Kier molecular flexibility index (Phi) is 4.62. The molecule has 0 aromatic heterocycles. The monoisotopic (exact) mass is 305 g/mol. The molecule has 2 fully saturated rings. The largest absolute Gasteiger partial charge is 0.369 e. The Bertz CT molecular complexity index is 543. The minimum atomic E-state index is -0.282. The van der Waals surface area contributed by atoms with Gasteiger partial charge in [-0.2, -0.15) is 0 Å². The zero-order valence-electron chi connectivity index (χ0n) is 13.1. The van der Waals surface area contributed by atoms with Crippen LogP contribution in [0.1, 0.15) is 36.0 Å². The van der Waals surface area contributed by atoms with E-state index in [9.17, 15) is 9.18 Å². The van der Waals surface area contributed by atoms with Crippen molar-refractivity contribution in [3.05, 3.63) is 29.6 Å². The molecule has 1 aromatic rings. The molecular weight excluding hydrogens is 281 g/mol. The maximum atomic E-state index is 14.3. The Labute approximate surface area is 131 Å². The average Bonchev–Trinajstić information content (AvgIpc) is 3.08. The minimum absolute atomic E-state index is 0.0631. The number of hydrogen-bond donors (Lipinski definition) is 1. The van der Waals surface area contributed by atoms with Crippen molar-refractivity contribution < 1.29 is 9.18 Å². The normalized spacial score (nSPS) is 22.2. The molecule has 0 saturated carbocycles. The highest BCUT2D eigenvalue weighted by molar-refractivity contribution is 5.94. The molecule has 1 unspecified atom stereocenters. The zero-order chi connectivity index (χ0) is 15.5. The highest BCUT2D eigenvalue weighted by Gasteiger charge is 2.24. The first-order valence-corrected chi connectivity index (χ1v) is 8.20. The van der Waals surface area contributed by atoms with Gasteiger partial charge in [-0.15, -0.1) is 0 Å². The maximum absolute atomic E-state index is 14.3. The molecule has 1 aromatic carbocycles. The van der Waals surface area contributed by atoms with E-state index >= 15 is 0 Å². The highest BCUT2D eigenvalue weighted by atomic mass is 19.1. The lowest BCUT2D eigenvalue weighted by Crippen LogP contribution is -2.47. The lowest BCUT2D eigenvalue weighted by Gasteiger charge is -2.32. The van der Waals surface area contributed by atoms with Gasteiger partial charge in [-0.25, -0.2) is 4.39 Å². The summed E-state index contributed by atoms with van der Waals surface area (Å²) in [4.78, 5) is 16.4. The number of carbonyl (C=O) groups excluding carboxylic acids is 1. The fourth-order valence-corrected chi connectivity index (χ4v) is 3.43. The van der Waals surface area contributed by atoms with Gasteiger partial charge in [0.05, 0.1) is 5.69 Å². The van der Waals surface area contributed by atoms with Crippen LogP contribution in [-0.2, 0) is 0 Å². The molecule has 3 rings (SSSR count). The number of carbonyl (C=O) groups is 1. The van der Waals surface area contributed by atoms with Crippen LogP contribution in [0.5, 0.6) is 0 Å². The van der Waals surface area contributed by atoms with Crippen molar-refractivity contribution in [2.75, 3.05) is 38.1 Å². The quantitative estimate of drug-likeness (QED) is 0.930. The Morgan fingerprint density at radius 2 is 2.00 bits per heavy atom. The summed E-state index contributed by atoms with van der Waals surface area (Å²) < 4.78 is 14.3. The molecule has 2 aliphatic heterocycles. The fraction of sp³-hybridized carbons (Fsp3) is 0.588. The van der Waals surface area contributed by atoms with Crippen LogP contribution in [0.15, 0.2) is 18.2 Å². The second kappa shape index (κ2) is 6.65. The molecule has 5 heteroatoms. The molecule has 0 bridgehead atoms. The van der Waals surface area contributed by atoms with E-state index in [1.807, 2.05) is 11.9 Å². The first kappa shape index (κ1) is 15.3. The molecule has 4 nitrogen and oxygen atoms in total. The van der Waals surface area contributed by atoms with Crippen LogP contribution in [0.4, 0.5) is 10.1 Å². The van der Waals surface area contributed by atoms with Crippen molar-refractivity contribution in [3.8, 4) is 0 Å². The first-order chi connectivity index (χ1) is 10.7. The van der Waals surface area contributed by atoms with Crippen molar-refractivity contribution in [3.63, 3.8) is 0 Å². The van der Waals surface area contributed by atoms with Gasteiger partial charge in [0.1, 0.15) is 5.82 Å². The Morgan fingerprint density at radius 1 is 1.23 bits per heavy atom. The van der Waals surface area contributed by atoms with Crippen LogP contribution in [-0.4, -0.2) is 50.1 Å². The smallest absolute Gasteiger partial charge is 0.254 e. The van der Waals surface area contributed by atoms with Crippen molar-refractivity contribution >= 4 is 11.6 Å². The van der Waals surface area contributed by atoms with Crippen LogP contribution < -0.4 is 10.2 Å². The Balaban J connectivity index is 1.74. The van der Waals surface area contributed by atoms with Crippen LogP contribution in [0, 0.1) is 5.82 Å². The maximum Gasteiger partial charge on any atom is 0.254 e. The molecule has 0 radical (unpaired) electrons. The zero-order valence-corrected chi connectivity index (χ0v) is 13.1. The second-order valence-corrected chi connectivity index (χ2v) is 6.24. The van der Waals surface area contributed by atoms with Gasteiger partial charge >= 0.3 is 0 Å². The van der Waals surface area contributed by atoms with E-state index in [-0.39, 0.29) is 11.7 Å². The van der Waals surface area contributed by atoms with Crippen molar-refractivity contribution in [2.24, 2.45) is 0 Å². The number of likely N-dealkylation sites (N-methyl/N-ethyl adjacent to an activating group) is 1. The molecular formula is C17H24FN3O. The van der Waals surface area contributed by atoms with Crippen molar-refractivity contribution in [1.82, 2.24) is 10.2 Å². The van der Waals surface area contributed by atoms with Crippen LogP contribution in [0.25, 0.3) is 0 Å². The SMILES string of the molecule is CNC1CCCN(C(=O)c2ccc(N3CCCC3)c(F)c2)C1. The number of anilines is 1. The third kappa shape index (κ3) is 3.09. The number of amides is 1. The van der Waals surface area contributed by atoms with E-state index in [0.717, 1.165) is 45.3 Å². The summed E-state index contributed by atoms with van der Waals surface area (Å²) in [5.41, 5.74) is 1.08. The summed E-state index contributed by atoms with van der Waals surface area (Å²) in [5.74, 6) is -0.346. The molecule has 2 heterocycles. The average molecular weight is 305 g/mol. The fourth-order valence-electron chi connectivity index (χ4n) is 3.43. The van der Waals surface area contributed by atoms with E-state index in [4.69, 9.17) is 0 Å². The van der Waals surface area contributed by atoms with Gasteiger partial charge in [0.25, 0.3) is 5.91 Å². The molecule has 1 N–H and O–H groups in total. The van der Waals surface area contributed by atoms with E-state index in [1.165, 1.54) is 6.07 Å². The van der Waals surface area contributed by atoms with E-state index < -0.39 is 0 Å². The van der Waals surface area contributed by atoms with Crippen LogP contribution >= 0.6 is 0 Å². The first-order valence-electron chi connectivity index (χ1n) is 8.20. The Hall–Kier alpha value is -1.62. The molecule has 0 spiro atoms. The summed E-state index contributed by atoms with van der Waals surface area (Å²) in [7, 11) is 1.92. The number of benzene rings is 1.